The highest BCUT2D eigenvalue weighted by Gasteiger charge is 2.20. The van der Waals surface area contributed by atoms with Gasteiger partial charge in [0.2, 0.25) is 9.92 Å². The maximum atomic E-state index is 13.3. The van der Waals surface area contributed by atoms with Gasteiger partial charge in [-0.15, -0.1) is 10.2 Å². The van der Waals surface area contributed by atoms with Gasteiger partial charge in [0, 0.05) is 34.4 Å². The fraction of sp³-hybridized carbons (Fsp3) is 0.125. The predicted octanol–water partition coefficient (Wildman–Crippen LogP) is 3.08. The Labute approximate surface area is 268 Å². The van der Waals surface area contributed by atoms with Crippen molar-refractivity contribution in [2.75, 3.05) is 28.4 Å². The van der Waals surface area contributed by atoms with Gasteiger partial charge in [0.25, 0.3) is 11.1 Å². The molecule has 230 valence electrons. The van der Waals surface area contributed by atoms with E-state index in [4.69, 9.17) is 18.9 Å². The second-order valence-corrected chi connectivity index (χ2v) is 11.9. The van der Waals surface area contributed by atoms with E-state index in [0.717, 1.165) is 11.1 Å². The zero-order valence-electron chi connectivity index (χ0n) is 24.9. The average Bonchev–Trinajstić information content (AvgIpc) is 3.84. The Balaban J connectivity index is 1.25. The van der Waals surface area contributed by atoms with Crippen LogP contribution in [0.25, 0.3) is 44.8 Å². The van der Waals surface area contributed by atoms with E-state index in [1.165, 1.54) is 31.7 Å². The molecule has 7 aromatic rings. The van der Waals surface area contributed by atoms with Crippen LogP contribution < -0.4 is 39.1 Å². The highest BCUT2D eigenvalue weighted by molar-refractivity contribution is 7.15. The van der Waals surface area contributed by atoms with Crippen LogP contribution in [0.15, 0.2) is 70.3 Å². The summed E-state index contributed by atoms with van der Waals surface area (Å²) in [7, 11) is 6.27. The Morgan fingerprint density at radius 2 is 1.04 bits per heavy atom. The molecular formula is C32H24N6O6S2. The molecule has 46 heavy (non-hydrogen) atoms. The fourth-order valence-electron chi connectivity index (χ4n) is 4.93. The van der Waals surface area contributed by atoms with E-state index in [9.17, 15) is 9.59 Å². The molecule has 14 heteroatoms. The summed E-state index contributed by atoms with van der Waals surface area (Å²) in [6.45, 7) is 0. The molecule has 4 aromatic heterocycles. The lowest BCUT2D eigenvalue weighted by Gasteiger charge is -2.06. The third kappa shape index (κ3) is 5.02. The van der Waals surface area contributed by atoms with E-state index >= 15 is 0 Å². The first kappa shape index (κ1) is 29.1. The number of benzene rings is 3. The molecule has 0 bridgehead atoms. The second-order valence-electron chi connectivity index (χ2n) is 9.85. The van der Waals surface area contributed by atoms with Crippen LogP contribution in [0.1, 0.15) is 11.1 Å². The maximum absolute atomic E-state index is 13.3. The summed E-state index contributed by atoms with van der Waals surface area (Å²) >= 11 is 2.44. The molecule has 3 aromatic carbocycles. The van der Waals surface area contributed by atoms with Crippen LogP contribution in [-0.2, 0) is 0 Å². The monoisotopic (exact) mass is 652 g/mol. The summed E-state index contributed by atoms with van der Waals surface area (Å²) in [5, 5.41) is 9.07. The molecule has 0 saturated carbocycles. The van der Waals surface area contributed by atoms with Gasteiger partial charge in [-0.05, 0) is 36.4 Å². The number of aromatic nitrogens is 6. The van der Waals surface area contributed by atoms with E-state index in [1.807, 2.05) is 36.4 Å². The fourth-order valence-corrected chi connectivity index (χ4v) is 6.72. The molecule has 12 nitrogen and oxygen atoms in total. The van der Waals surface area contributed by atoms with E-state index in [-0.39, 0.29) is 11.1 Å². The highest BCUT2D eigenvalue weighted by atomic mass is 32.1. The number of hydrogen-bond acceptors (Lipinski definition) is 12. The van der Waals surface area contributed by atoms with Gasteiger partial charge in [0.15, 0.2) is 11.6 Å². The molecule has 4 heterocycles. The Bertz CT molecular complexity index is 2330. The van der Waals surface area contributed by atoms with Crippen molar-refractivity contribution in [3.63, 3.8) is 0 Å². The number of methoxy groups -OCH3 is 4. The summed E-state index contributed by atoms with van der Waals surface area (Å²) in [5.74, 6) is 3.13. The minimum Gasteiger partial charge on any atom is -0.497 e. The van der Waals surface area contributed by atoms with E-state index < -0.39 is 0 Å². The SMILES string of the molecule is COc1ccc(/C=c2/sc3nc(-c4ccccc4-c4nc5s/c(=C/c6ccc(OC)cc6OC)c(=O)n5n4)nn3c2=O)c(OC)c1. The standard InChI is InChI=1S/C32H24N6O6S2/c1-41-19-11-9-17(23(15-19)43-3)13-25-29(39)37-31(45-25)33-27(35-37)21-7-5-6-8-22(21)28-34-32-38(36-28)30(40)26(46-32)14-18-10-12-20(42-2)16-24(18)44-4/h5-16H,1-4H3/b25-13+,26-14+. The van der Waals surface area contributed by atoms with Crippen molar-refractivity contribution < 1.29 is 18.9 Å². The Hall–Kier alpha value is -5.60. The van der Waals surface area contributed by atoms with Crippen molar-refractivity contribution in [3.05, 3.63) is 102 Å². The molecule has 0 radical (unpaired) electrons. The third-order valence-corrected chi connectivity index (χ3v) is 9.15. The number of nitrogens with zero attached hydrogens (tertiary/aromatic N) is 6. The minimum absolute atomic E-state index is 0.303. The van der Waals surface area contributed by atoms with Gasteiger partial charge in [0.05, 0.1) is 37.5 Å². The first-order valence-electron chi connectivity index (χ1n) is 13.8. The number of thiazole rings is 2. The van der Waals surface area contributed by atoms with Crippen molar-refractivity contribution in [2.45, 2.75) is 0 Å². The number of rotatable bonds is 8. The van der Waals surface area contributed by atoms with Crippen molar-refractivity contribution in [2.24, 2.45) is 0 Å². The smallest absolute Gasteiger partial charge is 0.291 e. The maximum Gasteiger partial charge on any atom is 0.291 e. The molecule has 0 aliphatic rings. The third-order valence-electron chi connectivity index (χ3n) is 7.23. The summed E-state index contributed by atoms with van der Waals surface area (Å²) in [5.41, 5.74) is 2.10. The van der Waals surface area contributed by atoms with E-state index in [0.29, 0.717) is 64.8 Å². The minimum atomic E-state index is -0.303. The van der Waals surface area contributed by atoms with Gasteiger partial charge in [0.1, 0.15) is 23.0 Å². The lowest BCUT2D eigenvalue weighted by molar-refractivity contribution is 0.393. The Morgan fingerprint density at radius 3 is 1.41 bits per heavy atom. The van der Waals surface area contributed by atoms with Crippen LogP contribution in [0, 0.1) is 0 Å². The number of ether oxygens (including phenoxy) is 4. The topological polar surface area (TPSA) is 131 Å². The molecule has 0 saturated heterocycles. The van der Waals surface area contributed by atoms with Gasteiger partial charge in [-0.3, -0.25) is 9.59 Å². The van der Waals surface area contributed by atoms with Crippen LogP contribution in [-0.4, -0.2) is 57.6 Å². The predicted molar refractivity (Wildman–Crippen MR) is 175 cm³/mol. The summed E-state index contributed by atoms with van der Waals surface area (Å²) in [4.78, 5) is 36.8. The molecule has 0 unspecified atom stereocenters. The Kier molecular flexibility index (Phi) is 7.42. The van der Waals surface area contributed by atoms with Gasteiger partial charge in [-0.25, -0.2) is 0 Å². The summed E-state index contributed by atoms with van der Waals surface area (Å²) in [6.07, 6.45) is 3.49. The van der Waals surface area contributed by atoms with Gasteiger partial charge in [-0.2, -0.15) is 19.0 Å². The van der Waals surface area contributed by atoms with Gasteiger partial charge in [-0.1, -0.05) is 46.9 Å². The second kappa shape index (κ2) is 11.7. The lowest BCUT2D eigenvalue weighted by Crippen LogP contribution is -2.23. The van der Waals surface area contributed by atoms with E-state index in [1.54, 1.807) is 64.9 Å². The first-order chi connectivity index (χ1) is 22.4. The largest absolute Gasteiger partial charge is 0.497 e. The van der Waals surface area contributed by atoms with Crippen molar-refractivity contribution in [3.8, 4) is 45.8 Å². The molecule has 0 aliphatic carbocycles. The van der Waals surface area contributed by atoms with Gasteiger partial charge >= 0.3 is 0 Å². The van der Waals surface area contributed by atoms with Crippen molar-refractivity contribution >= 4 is 44.7 Å². The lowest BCUT2D eigenvalue weighted by atomic mass is 10.1. The van der Waals surface area contributed by atoms with Crippen LogP contribution >= 0.6 is 22.7 Å². The average molecular weight is 653 g/mol. The van der Waals surface area contributed by atoms with Crippen molar-refractivity contribution in [1.82, 2.24) is 29.2 Å². The van der Waals surface area contributed by atoms with Crippen LogP contribution in [0.4, 0.5) is 0 Å². The zero-order valence-corrected chi connectivity index (χ0v) is 26.5. The van der Waals surface area contributed by atoms with Crippen molar-refractivity contribution in [1.29, 1.82) is 0 Å². The molecule has 0 fully saturated rings. The van der Waals surface area contributed by atoms with Crippen LogP contribution in [0.2, 0.25) is 0 Å². The molecule has 0 atom stereocenters. The molecule has 0 amide bonds. The molecular weight excluding hydrogens is 629 g/mol. The summed E-state index contributed by atoms with van der Waals surface area (Å²) in [6, 6.07) is 18.1. The number of fused-ring (bicyclic) bond motifs is 2. The Morgan fingerprint density at radius 1 is 0.609 bits per heavy atom. The first-order valence-corrected chi connectivity index (χ1v) is 15.4. The quantitative estimate of drug-likeness (QED) is 0.241. The zero-order chi connectivity index (χ0) is 31.9. The number of hydrogen-bond donors (Lipinski definition) is 0. The molecule has 0 spiro atoms. The molecule has 0 aliphatic heterocycles. The molecule has 7 rings (SSSR count). The van der Waals surface area contributed by atoms with E-state index in [2.05, 4.69) is 20.2 Å². The summed E-state index contributed by atoms with van der Waals surface area (Å²) < 4.78 is 24.9. The van der Waals surface area contributed by atoms with Crippen LogP contribution in [0.5, 0.6) is 23.0 Å². The normalized spacial score (nSPS) is 12.3. The highest BCUT2D eigenvalue weighted by Crippen LogP contribution is 2.30. The van der Waals surface area contributed by atoms with Gasteiger partial charge < -0.3 is 18.9 Å². The molecule has 0 N–H and O–H groups in total. The van der Waals surface area contributed by atoms with Crippen LogP contribution in [0.3, 0.4) is 0 Å².